The van der Waals surface area contributed by atoms with Gasteiger partial charge < -0.3 is 5.11 Å². The highest BCUT2D eigenvalue weighted by molar-refractivity contribution is 5.97. The fourth-order valence-corrected chi connectivity index (χ4v) is 1.94. The van der Waals surface area contributed by atoms with E-state index in [1.54, 1.807) is 0 Å². The van der Waals surface area contributed by atoms with Crippen molar-refractivity contribution in [3.8, 4) is 0 Å². The van der Waals surface area contributed by atoms with E-state index in [1.165, 1.54) is 5.56 Å². The summed E-state index contributed by atoms with van der Waals surface area (Å²) in [5.74, 6) is 0.584. The molecule has 1 N–H and O–H groups in total. The van der Waals surface area contributed by atoms with E-state index in [-0.39, 0.29) is 18.3 Å². The zero-order valence-electron chi connectivity index (χ0n) is 10.9. The first-order valence-corrected chi connectivity index (χ1v) is 6.35. The summed E-state index contributed by atoms with van der Waals surface area (Å²) in [4.78, 5) is 12.1. The van der Waals surface area contributed by atoms with Crippen LogP contribution < -0.4 is 0 Å². The van der Waals surface area contributed by atoms with Crippen molar-refractivity contribution in [1.29, 1.82) is 0 Å². The zero-order valence-corrected chi connectivity index (χ0v) is 10.9. The van der Waals surface area contributed by atoms with E-state index >= 15 is 0 Å². The molecule has 0 aliphatic heterocycles. The topological polar surface area (TPSA) is 37.3 Å². The Labute approximate surface area is 104 Å². The largest absolute Gasteiger partial charge is 0.396 e. The molecular weight excluding hydrogens is 212 g/mol. The first kappa shape index (κ1) is 13.9. The normalized spacial score (nSPS) is 12.8. The molecule has 17 heavy (non-hydrogen) atoms. The van der Waals surface area contributed by atoms with Gasteiger partial charge in [-0.15, -0.1) is 0 Å². The van der Waals surface area contributed by atoms with Gasteiger partial charge in [0.2, 0.25) is 0 Å². The van der Waals surface area contributed by atoms with Crippen LogP contribution in [0.25, 0.3) is 0 Å². The molecule has 1 aromatic rings. The molecule has 1 rings (SSSR count). The molecule has 0 aromatic heterocycles. The van der Waals surface area contributed by atoms with Crippen LogP contribution in [0.2, 0.25) is 0 Å². The van der Waals surface area contributed by atoms with E-state index in [0.29, 0.717) is 12.3 Å². The SMILES string of the molecule is CCC(CCO)C(=O)c1ccc(C(C)C)cc1. The Morgan fingerprint density at radius 2 is 1.82 bits per heavy atom. The fourth-order valence-electron chi connectivity index (χ4n) is 1.94. The van der Waals surface area contributed by atoms with E-state index in [4.69, 9.17) is 5.11 Å². The minimum atomic E-state index is -0.0510. The van der Waals surface area contributed by atoms with Crippen molar-refractivity contribution in [2.75, 3.05) is 6.61 Å². The highest BCUT2D eigenvalue weighted by Gasteiger charge is 2.17. The van der Waals surface area contributed by atoms with Gasteiger partial charge in [0.25, 0.3) is 0 Å². The maximum absolute atomic E-state index is 12.1. The Bertz CT molecular complexity index is 352. The van der Waals surface area contributed by atoms with Crippen molar-refractivity contribution < 1.29 is 9.90 Å². The Kier molecular flexibility index (Phi) is 5.36. The first-order chi connectivity index (χ1) is 8.10. The number of ketones is 1. The molecule has 2 heteroatoms. The molecule has 0 radical (unpaired) electrons. The summed E-state index contributed by atoms with van der Waals surface area (Å²) in [6.07, 6.45) is 1.34. The second-order valence-electron chi connectivity index (χ2n) is 4.76. The van der Waals surface area contributed by atoms with E-state index < -0.39 is 0 Å². The molecule has 94 valence electrons. The molecule has 2 nitrogen and oxygen atoms in total. The second kappa shape index (κ2) is 6.55. The van der Waals surface area contributed by atoms with Crippen LogP contribution in [0.5, 0.6) is 0 Å². The van der Waals surface area contributed by atoms with E-state index in [2.05, 4.69) is 13.8 Å². The average molecular weight is 234 g/mol. The third kappa shape index (κ3) is 3.67. The Morgan fingerprint density at radius 1 is 1.24 bits per heavy atom. The van der Waals surface area contributed by atoms with Crippen molar-refractivity contribution in [2.24, 2.45) is 5.92 Å². The van der Waals surface area contributed by atoms with Gasteiger partial charge in [-0.25, -0.2) is 0 Å². The molecule has 0 fully saturated rings. The minimum absolute atomic E-state index is 0.0510. The van der Waals surface area contributed by atoms with Crippen LogP contribution in [0.1, 0.15) is 55.5 Å². The number of benzene rings is 1. The number of hydrogen-bond acceptors (Lipinski definition) is 2. The molecule has 1 unspecified atom stereocenters. The van der Waals surface area contributed by atoms with Gasteiger partial charge in [0.05, 0.1) is 0 Å². The third-order valence-corrected chi connectivity index (χ3v) is 3.20. The second-order valence-corrected chi connectivity index (χ2v) is 4.76. The monoisotopic (exact) mass is 234 g/mol. The number of carbonyl (C=O) groups is 1. The molecule has 0 aliphatic carbocycles. The maximum atomic E-state index is 12.1. The number of aliphatic hydroxyl groups is 1. The lowest BCUT2D eigenvalue weighted by Crippen LogP contribution is -2.15. The highest BCUT2D eigenvalue weighted by Crippen LogP contribution is 2.19. The number of Topliss-reactive ketones (excluding diaryl/α,β-unsaturated/α-hetero) is 1. The van der Waals surface area contributed by atoms with Crippen molar-refractivity contribution in [2.45, 2.75) is 39.5 Å². The molecule has 0 spiro atoms. The van der Waals surface area contributed by atoms with Gasteiger partial charge in [0, 0.05) is 18.1 Å². The lowest BCUT2D eigenvalue weighted by Gasteiger charge is -2.13. The van der Waals surface area contributed by atoms with E-state index in [9.17, 15) is 4.79 Å². The van der Waals surface area contributed by atoms with Crippen molar-refractivity contribution in [3.63, 3.8) is 0 Å². The van der Waals surface area contributed by atoms with Gasteiger partial charge >= 0.3 is 0 Å². The summed E-state index contributed by atoms with van der Waals surface area (Å²) in [7, 11) is 0. The van der Waals surface area contributed by atoms with Crippen molar-refractivity contribution >= 4 is 5.78 Å². The summed E-state index contributed by atoms with van der Waals surface area (Å²) in [6, 6.07) is 7.84. The van der Waals surface area contributed by atoms with Gasteiger partial charge in [-0.1, -0.05) is 45.0 Å². The molecule has 0 amide bonds. The summed E-state index contributed by atoms with van der Waals surface area (Å²) in [5.41, 5.74) is 2.01. The van der Waals surface area contributed by atoms with Crippen molar-refractivity contribution in [1.82, 2.24) is 0 Å². The quantitative estimate of drug-likeness (QED) is 0.766. The lowest BCUT2D eigenvalue weighted by molar-refractivity contribution is 0.0891. The van der Waals surface area contributed by atoms with Crippen LogP contribution in [0, 0.1) is 5.92 Å². The summed E-state index contributed by atoms with van der Waals surface area (Å²) < 4.78 is 0. The van der Waals surface area contributed by atoms with Crippen LogP contribution >= 0.6 is 0 Å². The molecule has 0 bridgehead atoms. The van der Waals surface area contributed by atoms with E-state index in [1.807, 2.05) is 31.2 Å². The third-order valence-electron chi connectivity index (χ3n) is 3.20. The Morgan fingerprint density at radius 3 is 2.24 bits per heavy atom. The lowest BCUT2D eigenvalue weighted by atomic mass is 9.91. The summed E-state index contributed by atoms with van der Waals surface area (Å²) >= 11 is 0. The van der Waals surface area contributed by atoms with Crippen LogP contribution in [0.3, 0.4) is 0 Å². The number of hydrogen-bond donors (Lipinski definition) is 1. The molecule has 0 saturated carbocycles. The van der Waals surface area contributed by atoms with E-state index in [0.717, 1.165) is 12.0 Å². The zero-order chi connectivity index (χ0) is 12.8. The standard InChI is InChI=1S/C15H22O2/c1-4-12(9-10-16)15(17)14-7-5-13(6-8-14)11(2)3/h5-8,11-12,16H,4,9-10H2,1-3H3. The molecule has 1 aromatic carbocycles. The summed E-state index contributed by atoms with van der Waals surface area (Å²) in [6.45, 7) is 6.34. The molecule has 0 heterocycles. The van der Waals surface area contributed by atoms with Gasteiger partial charge in [0.15, 0.2) is 5.78 Å². The molecule has 0 aliphatic rings. The van der Waals surface area contributed by atoms with Gasteiger partial charge in [-0.3, -0.25) is 4.79 Å². The fraction of sp³-hybridized carbons (Fsp3) is 0.533. The maximum Gasteiger partial charge on any atom is 0.166 e. The predicted octanol–water partition coefficient (Wildman–Crippen LogP) is 3.40. The average Bonchev–Trinajstić information content (AvgIpc) is 2.35. The van der Waals surface area contributed by atoms with Gasteiger partial charge in [-0.05, 0) is 24.3 Å². The van der Waals surface area contributed by atoms with Crippen molar-refractivity contribution in [3.05, 3.63) is 35.4 Å². The number of carbonyl (C=O) groups excluding carboxylic acids is 1. The Hall–Kier alpha value is -1.15. The van der Waals surface area contributed by atoms with Crippen LogP contribution in [-0.2, 0) is 0 Å². The number of aliphatic hydroxyl groups excluding tert-OH is 1. The smallest absolute Gasteiger partial charge is 0.166 e. The van der Waals surface area contributed by atoms with Crippen LogP contribution in [-0.4, -0.2) is 17.5 Å². The number of rotatable bonds is 6. The predicted molar refractivity (Wildman–Crippen MR) is 70.3 cm³/mol. The van der Waals surface area contributed by atoms with Gasteiger partial charge in [-0.2, -0.15) is 0 Å². The molecule has 0 saturated heterocycles. The molecular formula is C15H22O2. The summed E-state index contributed by atoms with van der Waals surface area (Å²) in [5, 5.41) is 8.93. The highest BCUT2D eigenvalue weighted by atomic mass is 16.3. The van der Waals surface area contributed by atoms with Crippen LogP contribution in [0.4, 0.5) is 0 Å². The Balaban J connectivity index is 2.81. The first-order valence-electron chi connectivity index (χ1n) is 6.35. The molecule has 1 atom stereocenters. The van der Waals surface area contributed by atoms with Crippen LogP contribution in [0.15, 0.2) is 24.3 Å². The van der Waals surface area contributed by atoms with Gasteiger partial charge in [0.1, 0.15) is 0 Å². The minimum Gasteiger partial charge on any atom is -0.396 e.